The molecule has 0 bridgehead atoms. The molecule has 2 aromatic carbocycles. The van der Waals surface area contributed by atoms with Crippen molar-refractivity contribution < 1.29 is 22.7 Å². The van der Waals surface area contributed by atoms with Gasteiger partial charge in [0.2, 0.25) is 0 Å². The van der Waals surface area contributed by atoms with Gasteiger partial charge in [-0.2, -0.15) is 0 Å². The van der Waals surface area contributed by atoms with Gasteiger partial charge in [-0.25, -0.2) is 13.2 Å². The molecule has 3 N–H and O–H groups in total. The number of amides is 1. The Morgan fingerprint density at radius 2 is 1.76 bits per heavy atom. The smallest absolute Gasteiger partial charge is 0.262 e. The molecular formula is C14H11F3N2O2. The van der Waals surface area contributed by atoms with Crippen LogP contribution in [-0.2, 0) is 4.79 Å². The number of benzene rings is 2. The first-order chi connectivity index (χ1) is 9.95. The maximum absolute atomic E-state index is 13.3. The molecule has 2 rings (SSSR count). The van der Waals surface area contributed by atoms with Crippen LogP contribution in [0.25, 0.3) is 0 Å². The van der Waals surface area contributed by atoms with Gasteiger partial charge >= 0.3 is 0 Å². The molecule has 0 fully saturated rings. The van der Waals surface area contributed by atoms with Crippen LogP contribution in [0.1, 0.15) is 0 Å². The molecule has 0 heterocycles. The lowest BCUT2D eigenvalue weighted by molar-refractivity contribution is -0.118. The molecule has 0 radical (unpaired) electrons. The molecule has 110 valence electrons. The number of halogens is 3. The van der Waals surface area contributed by atoms with Crippen LogP contribution in [0.4, 0.5) is 24.5 Å². The van der Waals surface area contributed by atoms with Gasteiger partial charge in [0, 0.05) is 6.07 Å². The maximum atomic E-state index is 13.3. The monoisotopic (exact) mass is 296 g/mol. The largest absolute Gasteiger partial charge is 0.481 e. The van der Waals surface area contributed by atoms with Crippen molar-refractivity contribution in [3.63, 3.8) is 0 Å². The topological polar surface area (TPSA) is 64.3 Å². The zero-order valence-corrected chi connectivity index (χ0v) is 10.7. The zero-order chi connectivity index (χ0) is 15.4. The molecule has 0 aromatic heterocycles. The standard InChI is InChI=1S/C14H11F3N2O2/c15-8-2-4-11(18)12(5-8)19-14(20)7-21-13-6-9(16)1-3-10(13)17/h1-6H,7,18H2,(H,19,20). The molecule has 4 nitrogen and oxygen atoms in total. The number of rotatable bonds is 4. The molecule has 2 aromatic rings. The summed E-state index contributed by atoms with van der Waals surface area (Å²) < 4.78 is 44.1. The van der Waals surface area contributed by atoms with Gasteiger partial charge in [0.15, 0.2) is 18.2 Å². The van der Waals surface area contributed by atoms with Gasteiger partial charge in [0.25, 0.3) is 5.91 Å². The lowest BCUT2D eigenvalue weighted by Gasteiger charge is -2.10. The summed E-state index contributed by atoms with van der Waals surface area (Å²) in [6.45, 7) is -0.573. The van der Waals surface area contributed by atoms with E-state index in [2.05, 4.69) is 5.32 Å². The molecule has 0 aliphatic heterocycles. The molecule has 1 amide bonds. The summed E-state index contributed by atoms with van der Waals surface area (Å²) in [5.41, 5.74) is 5.80. The zero-order valence-electron chi connectivity index (χ0n) is 10.7. The summed E-state index contributed by atoms with van der Waals surface area (Å²) in [6.07, 6.45) is 0. The van der Waals surface area contributed by atoms with Crippen LogP contribution in [0.15, 0.2) is 36.4 Å². The minimum absolute atomic E-state index is 0.0725. The van der Waals surface area contributed by atoms with Gasteiger partial charge in [-0.05, 0) is 30.3 Å². The molecule has 0 aliphatic rings. The van der Waals surface area contributed by atoms with E-state index in [-0.39, 0.29) is 11.4 Å². The summed E-state index contributed by atoms with van der Waals surface area (Å²) in [7, 11) is 0. The number of carbonyl (C=O) groups is 1. The second-order valence-electron chi connectivity index (χ2n) is 4.14. The first-order valence-electron chi connectivity index (χ1n) is 5.88. The van der Waals surface area contributed by atoms with Gasteiger partial charge in [0.05, 0.1) is 11.4 Å². The van der Waals surface area contributed by atoms with E-state index < -0.39 is 35.7 Å². The van der Waals surface area contributed by atoms with Crippen LogP contribution < -0.4 is 15.8 Å². The number of nitrogen functional groups attached to an aromatic ring is 1. The maximum Gasteiger partial charge on any atom is 0.262 e. The van der Waals surface area contributed by atoms with E-state index in [1.54, 1.807) is 0 Å². The predicted octanol–water partition coefficient (Wildman–Crippen LogP) is 2.70. The number of anilines is 2. The lowest BCUT2D eigenvalue weighted by Crippen LogP contribution is -2.21. The van der Waals surface area contributed by atoms with E-state index in [0.29, 0.717) is 0 Å². The molecule has 0 unspecified atom stereocenters. The minimum atomic E-state index is -0.797. The van der Waals surface area contributed by atoms with Crippen molar-refractivity contribution in [1.82, 2.24) is 0 Å². The van der Waals surface area contributed by atoms with Crippen molar-refractivity contribution in [3.8, 4) is 5.75 Å². The van der Waals surface area contributed by atoms with Crippen LogP contribution >= 0.6 is 0 Å². The molecule has 0 saturated heterocycles. The number of hydrogen-bond donors (Lipinski definition) is 2. The Bertz CT molecular complexity index is 677. The summed E-state index contributed by atoms with van der Waals surface area (Å²) >= 11 is 0. The fraction of sp³-hybridized carbons (Fsp3) is 0.0714. The van der Waals surface area contributed by atoms with Gasteiger partial charge in [-0.3, -0.25) is 4.79 Å². The van der Waals surface area contributed by atoms with Gasteiger partial charge < -0.3 is 15.8 Å². The summed E-state index contributed by atoms with van der Waals surface area (Å²) in [6, 6.07) is 6.10. The lowest BCUT2D eigenvalue weighted by atomic mass is 10.2. The predicted molar refractivity (Wildman–Crippen MR) is 71.3 cm³/mol. The second kappa shape index (κ2) is 6.17. The van der Waals surface area contributed by atoms with Crippen molar-refractivity contribution in [2.24, 2.45) is 0 Å². The Labute approximate surface area is 118 Å². The van der Waals surface area contributed by atoms with Crippen molar-refractivity contribution in [3.05, 3.63) is 53.8 Å². The molecule has 0 atom stereocenters. The van der Waals surface area contributed by atoms with Crippen LogP contribution in [0.5, 0.6) is 5.75 Å². The van der Waals surface area contributed by atoms with E-state index >= 15 is 0 Å². The highest BCUT2D eigenvalue weighted by atomic mass is 19.1. The Kier molecular flexibility index (Phi) is 4.32. The first-order valence-corrected chi connectivity index (χ1v) is 5.88. The first kappa shape index (κ1) is 14.7. The van der Waals surface area contributed by atoms with Crippen LogP contribution in [0.2, 0.25) is 0 Å². The van der Waals surface area contributed by atoms with E-state index in [0.717, 1.165) is 30.3 Å². The summed E-state index contributed by atoms with van der Waals surface area (Å²) in [4.78, 5) is 11.6. The molecule has 0 aliphatic carbocycles. The van der Waals surface area contributed by atoms with Crippen LogP contribution in [0, 0.1) is 17.5 Å². The summed E-state index contributed by atoms with van der Waals surface area (Å²) in [5, 5.41) is 2.31. The highest BCUT2D eigenvalue weighted by Crippen LogP contribution is 2.20. The normalized spacial score (nSPS) is 10.2. The fourth-order valence-corrected chi connectivity index (χ4v) is 1.55. The third-order valence-electron chi connectivity index (χ3n) is 2.54. The Balaban J connectivity index is 1.99. The highest BCUT2D eigenvalue weighted by molar-refractivity contribution is 5.94. The number of nitrogens with two attached hydrogens (primary N) is 1. The average molecular weight is 296 g/mol. The third-order valence-corrected chi connectivity index (χ3v) is 2.54. The van der Waals surface area contributed by atoms with Crippen molar-refractivity contribution >= 4 is 17.3 Å². The number of ether oxygens (including phenoxy) is 1. The molecule has 0 spiro atoms. The SMILES string of the molecule is Nc1ccc(F)cc1NC(=O)COc1cc(F)ccc1F. The molecule has 7 heteroatoms. The van der Waals surface area contributed by atoms with Gasteiger partial charge in [-0.1, -0.05) is 0 Å². The fourth-order valence-electron chi connectivity index (χ4n) is 1.55. The van der Waals surface area contributed by atoms with Gasteiger partial charge in [-0.15, -0.1) is 0 Å². The van der Waals surface area contributed by atoms with Gasteiger partial charge in [0.1, 0.15) is 11.6 Å². The number of hydrogen-bond acceptors (Lipinski definition) is 3. The molecule has 21 heavy (non-hydrogen) atoms. The van der Waals surface area contributed by atoms with Crippen LogP contribution in [-0.4, -0.2) is 12.5 Å². The second-order valence-corrected chi connectivity index (χ2v) is 4.14. The third kappa shape index (κ3) is 3.88. The number of carbonyl (C=O) groups excluding carboxylic acids is 1. The van der Waals surface area contributed by atoms with E-state index in [1.807, 2.05) is 0 Å². The van der Waals surface area contributed by atoms with Crippen molar-refractivity contribution in [2.45, 2.75) is 0 Å². The molecular weight excluding hydrogens is 285 g/mol. The average Bonchev–Trinajstić information content (AvgIpc) is 2.44. The highest BCUT2D eigenvalue weighted by Gasteiger charge is 2.10. The number of nitrogens with one attached hydrogen (secondary N) is 1. The van der Waals surface area contributed by atoms with E-state index in [1.165, 1.54) is 6.07 Å². The van der Waals surface area contributed by atoms with Crippen LogP contribution in [0.3, 0.4) is 0 Å². The van der Waals surface area contributed by atoms with E-state index in [9.17, 15) is 18.0 Å². The molecule has 0 saturated carbocycles. The Hall–Kier alpha value is -2.70. The Morgan fingerprint density at radius 1 is 1.10 bits per heavy atom. The Morgan fingerprint density at radius 3 is 2.52 bits per heavy atom. The van der Waals surface area contributed by atoms with Crippen molar-refractivity contribution in [2.75, 3.05) is 17.7 Å². The summed E-state index contributed by atoms with van der Waals surface area (Å²) in [5.74, 6) is -3.14. The van der Waals surface area contributed by atoms with E-state index in [4.69, 9.17) is 10.5 Å². The quantitative estimate of drug-likeness (QED) is 0.853. The minimum Gasteiger partial charge on any atom is -0.481 e. The van der Waals surface area contributed by atoms with Crippen molar-refractivity contribution in [1.29, 1.82) is 0 Å².